The van der Waals surface area contributed by atoms with Crippen LogP contribution in [0.15, 0.2) is 18.2 Å². The van der Waals surface area contributed by atoms with E-state index in [0.717, 1.165) is 63.2 Å². The van der Waals surface area contributed by atoms with Crippen molar-refractivity contribution in [2.75, 3.05) is 52.5 Å². The van der Waals surface area contributed by atoms with Gasteiger partial charge in [-0.05, 0) is 37.8 Å². The predicted molar refractivity (Wildman–Crippen MR) is 92.9 cm³/mol. The van der Waals surface area contributed by atoms with Gasteiger partial charge in [-0.15, -0.1) is 0 Å². The molecule has 24 heavy (non-hydrogen) atoms. The van der Waals surface area contributed by atoms with E-state index in [1.54, 1.807) is 0 Å². The molecule has 1 aromatic rings. The highest BCUT2D eigenvalue weighted by molar-refractivity contribution is 5.10. The normalized spacial score (nSPS) is 29.7. The molecule has 1 saturated carbocycles. The number of morpholine rings is 1. The van der Waals surface area contributed by atoms with Crippen molar-refractivity contribution in [3.8, 4) is 0 Å². The maximum absolute atomic E-state index is 6.28. The molecule has 3 aliphatic rings. The number of aromatic nitrogens is 1. The molecule has 0 amide bonds. The third-order valence-corrected chi connectivity index (χ3v) is 5.30. The van der Waals surface area contributed by atoms with Gasteiger partial charge in [-0.3, -0.25) is 14.8 Å². The van der Waals surface area contributed by atoms with Gasteiger partial charge in [0.25, 0.3) is 0 Å². The fraction of sp³-hybridized carbons (Fsp3) is 0.737. The molecule has 0 bridgehead atoms. The molecule has 2 aliphatic heterocycles. The average molecular weight is 331 g/mol. The van der Waals surface area contributed by atoms with Crippen molar-refractivity contribution in [2.45, 2.75) is 31.9 Å². The third-order valence-electron chi connectivity index (χ3n) is 5.30. The Morgan fingerprint density at radius 3 is 2.83 bits per heavy atom. The van der Waals surface area contributed by atoms with Crippen molar-refractivity contribution in [1.82, 2.24) is 14.8 Å². The standard InChI is InChI=1S/C19H29N3O2/c1-16-3-2-4-18(20-16)12-22-8-10-24-19(14-22)13-21(7-9-23-15-19)11-17-5-6-17/h2-4,17H,5-15H2,1H3. The van der Waals surface area contributed by atoms with Crippen LogP contribution in [-0.2, 0) is 16.0 Å². The Kier molecular flexibility index (Phi) is 4.86. The van der Waals surface area contributed by atoms with Crippen LogP contribution in [0.4, 0.5) is 0 Å². The summed E-state index contributed by atoms with van der Waals surface area (Å²) in [6.07, 6.45) is 2.80. The van der Waals surface area contributed by atoms with Crippen LogP contribution in [0.1, 0.15) is 24.2 Å². The van der Waals surface area contributed by atoms with Crippen molar-refractivity contribution in [1.29, 1.82) is 0 Å². The van der Waals surface area contributed by atoms with Gasteiger partial charge >= 0.3 is 0 Å². The number of pyridine rings is 1. The van der Waals surface area contributed by atoms with E-state index in [-0.39, 0.29) is 5.60 Å². The van der Waals surface area contributed by atoms with E-state index >= 15 is 0 Å². The molecule has 3 fully saturated rings. The summed E-state index contributed by atoms with van der Waals surface area (Å²) >= 11 is 0. The van der Waals surface area contributed by atoms with Crippen molar-refractivity contribution < 1.29 is 9.47 Å². The summed E-state index contributed by atoms with van der Waals surface area (Å²) in [5.41, 5.74) is 2.06. The smallest absolute Gasteiger partial charge is 0.117 e. The molecule has 0 N–H and O–H groups in total. The largest absolute Gasteiger partial charge is 0.377 e. The summed E-state index contributed by atoms with van der Waals surface area (Å²) in [6, 6.07) is 6.28. The van der Waals surface area contributed by atoms with Crippen LogP contribution in [0.2, 0.25) is 0 Å². The molecule has 2 saturated heterocycles. The van der Waals surface area contributed by atoms with E-state index in [1.807, 2.05) is 0 Å². The molecule has 1 unspecified atom stereocenters. The Labute approximate surface area is 144 Å². The maximum atomic E-state index is 6.28. The van der Waals surface area contributed by atoms with Gasteiger partial charge in [0.15, 0.2) is 0 Å². The molecule has 1 aromatic heterocycles. The topological polar surface area (TPSA) is 37.8 Å². The lowest BCUT2D eigenvalue weighted by atomic mass is 10.0. The average Bonchev–Trinajstić information content (AvgIpc) is 3.37. The van der Waals surface area contributed by atoms with E-state index in [2.05, 4.69) is 39.9 Å². The van der Waals surface area contributed by atoms with Gasteiger partial charge in [0.2, 0.25) is 0 Å². The van der Waals surface area contributed by atoms with Crippen molar-refractivity contribution in [2.24, 2.45) is 5.92 Å². The first-order chi connectivity index (χ1) is 11.7. The molecule has 132 valence electrons. The number of nitrogens with zero attached hydrogens (tertiary/aromatic N) is 3. The Bertz CT molecular complexity index is 563. The van der Waals surface area contributed by atoms with Crippen LogP contribution in [0, 0.1) is 12.8 Å². The number of hydrogen-bond donors (Lipinski definition) is 0. The minimum Gasteiger partial charge on any atom is -0.377 e. The predicted octanol–water partition coefficient (Wildman–Crippen LogP) is 1.70. The first-order valence-corrected chi connectivity index (χ1v) is 9.30. The Morgan fingerprint density at radius 1 is 1.17 bits per heavy atom. The second kappa shape index (κ2) is 7.08. The quantitative estimate of drug-likeness (QED) is 0.840. The lowest BCUT2D eigenvalue weighted by Gasteiger charge is -2.43. The first kappa shape index (κ1) is 16.5. The Morgan fingerprint density at radius 2 is 2.00 bits per heavy atom. The molecule has 4 rings (SSSR count). The molecule has 1 atom stereocenters. The highest BCUT2D eigenvalue weighted by Crippen LogP contribution is 2.31. The number of aryl methyl sites for hydroxylation is 1. The first-order valence-electron chi connectivity index (χ1n) is 9.30. The van der Waals surface area contributed by atoms with Crippen molar-refractivity contribution in [3.63, 3.8) is 0 Å². The SMILES string of the molecule is Cc1cccc(CN2CCOC3(COCCN(CC4CC4)C3)C2)n1. The second-order valence-electron chi connectivity index (χ2n) is 7.74. The molecule has 5 nitrogen and oxygen atoms in total. The highest BCUT2D eigenvalue weighted by atomic mass is 16.5. The second-order valence-corrected chi connectivity index (χ2v) is 7.74. The fourth-order valence-corrected chi connectivity index (χ4v) is 3.96. The van der Waals surface area contributed by atoms with Gasteiger partial charge in [0.05, 0.1) is 25.5 Å². The summed E-state index contributed by atoms with van der Waals surface area (Å²) in [6.45, 7) is 10.4. The van der Waals surface area contributed by atoms with Gasteiger partial charge in [-0.2, -0.15) is 0 Å². The summed E-state index contributed by atoms with van der Waals surface area (Å²) in [5, 5.41) is 0. The van der Waals surface area contributed by atoms with Gasteiger partial charge < -0.3 is 9.47 Å². The van der Waals surface area contributed by atoms with Crippen LogP contribution in [-0.4, -0.2) is 72.9 Å². The molecular weight excluding hydrogens is 302 g/mol. The van der Waals surface area contributed by atoms with Gasteiger partial charge in [-0.1, -0.05) is 6.07 Å². The zero-order chi connectivity index (χ0) is 16.4. The summed E-state index contributed by atoms with van der Waals surface area (Å²) in [5.74, 6) is 0.913. The van der Waals surface area contributed by atoms with E-state index in [0.29, 0.717) is 6.61 Å². The number of ether oxygens (including phenoxy) is 2. The van der Waals surface area contributed by atoms with E-state index in [9.17, 15) is 0 Å². The Balaban J connectivity index is 1.41. The Hall–Kier alpha value is -1.01. The number of hydrogen-bond acceptors (Lipinski definition) is 5. The molecule has 1 aliphatic carbocycles. The molecule has 1 spiro atoms. The maximum Gasteiger partial charge on any atom is 0.117 e. The van der Waals surface area contributed by atoms with Gasteiger partial charge in [0.1, 0.15) is 5.60 Å². The summed E-state index contributed by atoms with van der Waals surface area (Å²) < 4.78 is 12.2. The van der Waals surface area contributed by atoms with Crippen LogP contribution in [0.25, 0.3) is 0 Å². The van der Waals surface area contributed by atoms with Crippen LogP contribution >= 0.6 is 0 Å². The van der Waals surface area contributed by atoms with Crippen LogP contribution in [0.5, 0.6) is 0 Å². The third kappa shape index (κ3) is 4.14. The summed E-state index contributed by atoms with van der Waals surface area (Å²) in [7, 11) is 0. The fourth-order valence-electron chi connectivity index (χ4n) is 3.96. The van der Waals surface area contributed by atoms with Crippen molar-refractivity contribution in [3.05, 3.63) is 29.6 Å². The zero-order valence-corrected chi connectivity index (χ0v) is 14.7. The lowest BCUT2D eigenvalue weighted by molar-refractivity contribution is -0.143. The molecule has 3 heterocycles. The minimum atomic E-state index is -0.173. The van der Waals surface area contributed by atoms with Gasteiger partial charge in [-0.25, -0.2) is 0 Å². The highest BCUT2D eigenvalue weighted by Gasteiger charge is 2.41. The number of rotatable bonds is 4. The zero-order valence-electron chi connectivity index (χ0n) is 14.7. The molecule has 0 aromatic carbocycles. The molecule has 5 heteroatoms. The van der Waals surface area contributed by atoms with Crippen LogP contribution < -0.4 is 0 Å². The molecule has 0 radical (unpaired) electrons. The van der Waals surface area contributed by atoms with Crippen molar-refractivity contribution >= 4 is 0 Å². The monoisotopic (exact) mass is 331 g/mol. The minimum absolute atomic E-state index is 0.173. The van der Waals surface area contributed by atoms with Crippen LogP contribution in [0.3, 0.4) is 0 Å². The van der Waals surface area contributed by atoms with E-state index < -0.39 is 0 Å². The summed E-state index contributed by atoms with van der Waals surface area (Å²) in [4.78, 5) is 9.71. The van der Waals surface area contributed by atoms with Gasteiger partial charge in [0, 0.05) is 45.0 Å². The van der Waals surface area contributed by atoms with E-state index in [4.69, 9.17) is 9.47 Å². The molecular formula is C19H29N3O2. The lowest BCUT2D eigenvalue weighted by Crippen LogP contribution is -2.58. The van der Waals surface area contributed by atoms with E-state index in [1.165, 1.54) is 19.4 Å².